The number of nitrogens with zero attached hydrogens (tertiary/aromatic N) is 1. The molecular formula is C14H20N2O3. The number of hydrogen-bond acceptors (Lipinski definition) is 4. The molecule has 1 amide bonds. The molecule has 1 aromatic rings. The van der Waals surface area contributed by atoms with Crippen LogP contribution >= 0.6 is 0 Å². The van der Waals surface area contributed by atoms with Crippen molar-refractivity contribution in [3.8, 4) is 5.75 Å². The summed E-state index contributed by atoms with van der Waals surface area (Å²) >= 11 is 0. The van der Waals surface area contributed by atoms with Crippen LogP contribution in [0.1, 0.15) is 36.0 Å². The zero-order valence-electron chi connectivity index (χ0n) is 10.9. The Labute approximate surface area is 112 Å². The van der Waals surface area contributed by atoms with Gasteiger partial charge in [-0.3, -0.25) is 4.79 Å². The smallest absolute Gasteiger partial charge is 0.258 e. The van der Waals surface area contributed by atoms with E-state index in [1.165, 1.54) is 0 Å². The van der Waals surface area contributed by atoms with Crippen LogP contribution in [-0.2, 0) is 0 Å². The van der Waals surface area contributed by atoms with E-state index in [0.717, 1.165) is 25.7 Å². The van der Waals surface area contributed by atoms with Crippen LogP contribution in [0.5, 0.6) is 5.75 Å². The molecule has 5 heteroatoms. The molecule has 0 bridgehead atoms. The Morgan fingerprint density at radius 3 is 2.89 bits per heavy atom. The zero-order chi connectivity index (χ0) is 13.8. The van der Waals surface area contributed by atoms with Crippen LogP contribution < -0.4 is 5.73 Å². The second-order valence-corrected chi connectivity index (χ2v) is 4.93. The van der Waals surface area contributed by atoms with Gasteiger partial charge in [0.2, 0.25) is 0 Å². The summed E-state index contributed by atoms with van der Waals surface area (Å²) in [5.74, 6) is -0.431. The molecule has 19 heavy (non-hydrogen) atoms. The minimum Gasteiger partial charge on any atom is -0.505 e. The van der Waals surface area contributed by atoms with Crippen LogP contribution in [-0.4, -0.2) is 40.2 Å². The molecule has 1 aliphatic rings. The number of carbonyl (C=O) groups is 1. The summed E-state index contributed by atoms with van der Waals surface area (Å²) in [6.07, 6.45) is 3.79. The highest BCUT2D eigenvalue weighted by molar-refractivity contribution is 5.98. The van der Waals surface area contributed by atoms with Gasteiger partial charge in [0.25, 0.3) is 5.91 Å². The molecule has 0 aromatic heterocycles. The monoisotopic (exact) mass is 264 g/mol. The van der Waals surface area contributed by atoms with E-state index in [9.17, 15) is 15.0 Å². The third-order valence-corrected chi connectivity index (χ3v) is 3.65. The predicted octanol–water partition coefficient (Wildman–Crippen LogP) is 1.35. The van der Waals surface area contributed by atoms with Gasteiger partial charge in [0, 0.05) is 6.54 Å². The molecule has 1 fully saturated rings. The first kappa shape index (κ1) is 13.7. The van der Waals surface area contributed by atoms with Gasteiger partial charge in [-0.25, -0.2) is 0 Å². The fourth-order valence-electron chi connectivity index (χ4n) is 2.52. The van der Waals surface area contributed by atoms with Crippen molar-refractivity contribution in [1.82, 2.24) is 4.90 Å². The van der Waals surface area contributed by atoms with E-state index in [2.05, 4.69) is 0 Å². The number of benzene rings is 1. The summed E-state index contributed by atoms with van der Waals surface area (Å²) in [7, 11) is 0. The largest absolute Gasteiger partial charge is 0.505 e. The van der Waals surface area contributed by atoms with Crippen molar-refractivity contribution in [2.45, 2.75) is 31.7 Å². The average molecular weight is 264 g/mol. The maximum Gasteiger partial charge on any atom is 0.258 e. The van der Waals surface area contributed by atoms with E-state index in [4.69, 9.17) is 5.73 Å². The molecule has 1 aromatic carbocycles. The second-order valence-electron chi connectivity index (χ2n) is 4.93. The molecule has 1 aliphatic heterocycles. The highest BCUT2D eigenvalue weighted by atomic mass is 16.3. The lowest BCUT2D eigenvalue weighted by molar-refractivity contribution is 0.0597. The van der Waals surface area contributed by atoms with Gasteiger partial charge >= 0.3 is 0 Å². The van der Waals surface area contributed by atoms with Crippen LogP contribution in [0, 0.1) is 0 Å². The number of nitrogen functional groups attached to an aromatic ring is 1. The van der Waals surface area contributed by atoms with E-state index < -0.39 is 0 Å². The van der Waals surface area contributed by atoms with E-state index in [0.29, 0.717) is 6.54 Å². The Morgan fingerprint density at radius 1 is 1.37 bits per heavy atom. The van der Waals surface area contributed by atoms with Gasteiger partial charge in [-0.1, -0.05) is 18.9 Å². The number of amides is 1. The first-order valence-electron chi connectivity index (χ1n) is 6.64. The molecule has 4 N–H and O–H groups in total. The normalized spacial score (nSPS) is 20.1. The molecule has 1 saturated heterocycles. The van der Waals surface area contributed by atoms with Crippen molar-refractivity contribution in [1.29, 1.82) is 0 Å². The molecule has 5 nitrogen and oxygen atoms in total. The molecule has 2 rings (SSSR count). The first-order chi connectivity index (χ1) is 9.15. The molecule has 1 atom stereocenters. The van der Waals surface area contributed by atoms with Gasteiger partial charge < -0.3 is 20.8 Å². The van der Waals surface area contributed by atoms with Crippen LogP contribution in [0.4, 0.5) is 5.69 Å². The Bertz CT molecular complexity index is 462. The highest BCUT2D eigenvalue weighted by Crippen LogP contribution is 2.27. The van der Waals surface area contributed by atoms with Crippen LogP contribution in [0.15, 0.2) is 18.2 Å². The van der Waals surface area contributed by atoms with Crippen molar-refractivity contribution >= 4 is 11.6 Å². The quantitative estimate of drug-likeness (QED) is 0.556. The van der Waals surface area contributed by atoms with Gasteiger partial charge in [0.15, 0.2) is 5.75 Å². The van der Waals surface area contributed by atoms with Crippen molar-refractivity contribution < 1.29 is 15.0 Å². The van der Waals surface area contributed by atoms with Crippen molar-refractivity contribution in [3.05, 3.63) is 23.8 Å². The lowest BCUT2D eigenvalue weighted by atomic mass is 10.1. The Balaban J connectivity index is 2.28. The molecule has 0 radical (unpaired) electrons. The summed E-state index contributed by atoms with van der Waals surface area (Å²) < 4.78 is 0. The summed E-state index contributed by atoms with van der Waals surface area (Å²) in [6, 6.07) is 4.59. The number of aliphatic hydroxyl groups excluding tert-OH is 1. The van der Waals surface area contributed by atoms with E-state index in [1.54, 1.807) is 23.1 Å². The zero-order valence-corrected chi connectivity index (χ0v) is 10.9. The lowest BCUT2D eigenvalue weighted by Gasteiger charge is -2.29. The third kappa shape index (κ3) is 2.81. The second kappa shape index (κ2) is 5.93. The summed E-state index contributed by atoms with van der Waals surface area (Å²) in [5.41, 5.74) is 6.02. The molecule has 0 saturated carbocycles. The fraction of sp³-hybridized carbons (Fsp3) is 0.500. The third-order valence-electron chi connectivity index (χ3n) is 3.65. The number of rotatable bonds is 2. The fourth-order valence-corrected chi connectivity index (χ4v) is 2.52. The van der Waals surface area contributed by atoms with E-state index >= 15 is 0 Å². The summed E-state index contributed by atoms with van der Waals surface area (Å²) in [5, 5.41) is 19.3. The highest BCUT2D eigenvalue weighted by Gasteiger charge is 2.27. The number of phenols is 1. The number of para-hydroxylation sites is 1. The van der Waals surface area contributed by atoms with Crippen LogP contribution in [0.25, 0.3) is 0 Å². The number of carbonyl (C=O) groups excluding carboxylic acids is 1. The van der Waals surface area contributed by atoms with Gasteiger partial charge in [-0.2, -0.15) is 0 Å². The number of phenolic OH excluding ortho intramolecular Hbond substituents is 1. The lowest BCUT2D eigenvalue weighted by Crippen LogP contribution is -2.42. The Kier molecular flexibility index (Phi) is 4.27. The minimum atomic E-state index is -0.259. The molecular weight excluding hydrogens is 244 g/mol. The molecule has 0 aliphatic carbocycles. The number of aromatic hydroxyl groups is 1. The maximum absolute atomic E-state index is 12.5. The van der Waals surface area contributed by atoms with Crippen molar-refractivity contribution in [3.63, 3.8) is 0 Å². The molecule has 0 spiro atoms. The molecule has 1 unspecified atom stereocenters. The number of anilines is 1. The van der Waals surface area contributed by atoms with Crippen LogP contribution in [0.2, 0.25) is 0 Å². The van der Waals surface area contributed by atoms with Crippen molar-refractivity contribution in [2.75, 3.05) is 18.9 Å². The minimum absolute atomic E-state index is 0.0468. The summed E-state index contributed by atoms with van der Waals surface area (Å²) in [6.45, 7) is 0.563. The first-order valence-corrected chi connectivity index (χ1v) is 6.64. The van der Waals surface area contributed by atoms with Crippen LogP contribution in [0.3, 0.4) is 0 Å². The van der Waals surface area contributed by atoms with E-state index in [1.807, 2.05) is 0 Å². The molecule has 1 heterocycles. The molecule has 104 valence electrons. The SMILES string of the molecule is Nc1cccc(C(=O)N2CCCCCC2CO)c1O. The van der Waals surface area contributed by atoms with E-state index in [-0.39, 0.29) is 35.6 Å². The van der Waals surface area contributed by atoms with Gasteiger partial charge in [0.1, 0.15) is 0 Å². The maximum atomic E-state index is 12.5. The number of hydrogen-bond donors (Lipinski definition) is 3. The number of nitrogens with two attached hydrogens (primary N) is 1. The average Bonchev–Trinajstić information content (AvgIpc) is 2.66. The Morgan fingerprint density at radius 2 is 2.16 bits per heavy atom. The predicted molar refractivity (Wildman–Crippen MR) is 72.9 cm³/mol. The Hall–Kier alpha value is -1.75. The van der Waals surface area contributed by atoms with Gasteiger partial charge in [-0.05, 0) is 25.0 Å². The van der Waals surface area contributed by atoms with Crippen molar-refractivity contribution in [2.24, 2.45) is 0 Å². The topological polar surface area (TPSA) is 86.8 Å². The number of aliphatic hydroxyl groups is 1. The van der Waals surface area contributed by atoms with Gasteiger partial charge in [0.05, 0.1) is 23.9 Å². The number of likely N-dealkylation sites (tertiary alicyclic amines) is 1. The standard InChI is InChI=1S/C14H20N2O3/c15-12-7-4-6-11(13(12)18)14(19)16-8-3-1-2-5-10(16)9-17/h4,6-7,10,17-18H,1-3,5,8-9,15H2. The van der Waals surface area contributed by atoms with Gasteiger partial charge in [-0.15, -0.1) is 0 Å². The summed E-state index contributed by atoms with van der Waals surface area (Å²) in [4.78, 5) is 14.1.